The highest BCUT2D eigenvalue weighted by atomic mass is 19.1. The highest BCUT2D eigenvalue weighted by molar-refractivity contribution is 5.85. The Kier molecular flexibility index (Phi) is 2.37. The van der Waals surface area contributed by atoms with Crippen LogP contribution in [-0.2, 0) is 7.05 Å². The van der Waals surface area contributed by atoms with Gasteiger partial charge in [0.25, 0.3) is 0 Å². The van der Waals surface area contributed by atoms with Crippen molar-refractivity contribution in [3.8, 4) is 11.1 Å². The molecule has 0 saturated carbocycles. The van der Waals surface area contributed by atoms with Gasteiger partial charge >= 0.3 is 0 Å². The van der Waals surface area contributed by atoms with Gasteiger partial charge in [-0.25, -0.2) is 4.39 Å². The van der Waals surface area contributed by atoms with E-state index in [2.05, 4.69) is 0 Å². The van der Waals surface area contributed by atoms with Crippen molar-refractivity contribution in [3.05, 3.63) is 48.0 Å². The third kappa shape index (κ3) is 1.68. The summed E-state index contributed by atoms with van der Waals surface area (Å²) in [5, 5.41) is 0. The molecular formula is C12H10FNO. The van der Waals surface area contributed by atoms with Crippen LogP contribution in [-0.4, -0.2) is 10.9 Å². The van der Waals surface area contributed by atoms with E-state index >= 15 is 0 Å². The van der Waals surface area contributed by atoms with Gasteiger partial charge in [0, 0.05) is 18.8 Å². The second-order valence-corrected chi connectivity index (χ2v) is 3.35. The van der Waals surface area contributed by atoms with E-state index in [9.17, 15) is 9.18 Å². The number of hydrogen-bond donors (Lipinski definition) is 0. The van der Waals surface area contributed by atoms with E-state index in [4.69, 9.17) is 0 Å². The number of rotatable bonds is 2. The lowest BCUT2D eigenvalue weighted by atomic mass is 10.1. The van der Waals surface area contributed by atoms with Crippen LogP contribution in [0.25, 0.3) is 11.1 Å². The van der Waals surface area contributed by atoms with Gasteiger partial charge in [-0.1, -0.05) is 12.1 Å². The minimum absolute atomic E-state index is 0.298. The summed E-state index contributed by atoms with van der Waals surface area (Å²) in [6.45, 7) is 0. The lowest BCUT2D eigenvalue weighted by Crippen LogP contribution is -1.94. The molecule has 0 aliphatic rings. The number of aryl methyl sites for hydroxylation is 1. The molecule has 0 aliphatic heterocycles. The summed E-state index contributed by atoms with van der Waals surface area (Å²) >= 11 is 0. The van der Waals surface area contributed by atoms with E-state index in [1.807, 2.05) is 0 Å². The molecule has 0 radical (unpaired) electrons. The van der Waals surface area contributed by atoms with Crippen LogP contribution in [0, 0.1) is 5.82 Å². The summed E-state index contributed by atoms with van der Waals surface area (Å²) < 4.78 is 14.7. The summed E-state index contributed by atoms with van der Waals surface area (Å²) in [7, 11) is 1.78. The van der Waals surface area contributed by atoms with Crippen molar-refractivity contribution >= 4 is 6.29 Å². The Morgan fingerprint density at radius 2 is 2.13 bits per heavy atom. The molecule has 2 aromatic rings. The SMILES string of the molecule is Cn1ccc(-c2cccc(F)c2)c1C=O. The van der Waals surface area contributed by atoms with Gasteiger partial charge in [-0.3, -0.25) is 4.79 Å². The Morgan fingerprint density at radius 1 is 1.33 bits per heavy atom. The molecule has 0 aliphatic carbocycles. The van der Waals surface area contributed by atoms with Crippen LogP contribution in [0.4, 0.5) is 4.39 Å². The van der Waals surface area contributed by atoms with Crippen molar-refractivity contribution < 1.29 is 9.18 Å². The Labute approximate surface area is 87.0 Å². The second kappa shape index (κ2) is 3.69. The van der Waals surface area contributed by atoms with Gasteiger partial charge in [-0.05, 0) is 23.8 Å². The summed E-state index contributed by atoms with van der Waals surface area (Å²) in [5.41, 5.74) is 2.03. The van der Waals surface area contributed by atoms with E-state index < -0.39 is 0 Å². The highest BCUT2D eigenvalue weighted by Crippen LogP contribution is 2.23. The third-order valence-corrected chi connectivity index (χ3v) is 2.37. The molecule has 1 aromatic carbocycles. The molecule has 2 nitrogen and oxygen atoms in total. The normalized spacial score (nSPS) is 10.3. The van der Waals surface area contributed by atoms with Crippen LogP contribution in [0.15, 0.2) is 36.5 Å². The van der Waals surface area contributed by atoms with Crippen LogP contribution in [0.1, 0.15) is 10.5 Å². The number of carbonyl (C=O) groups excluding carboxylic acids is 1. The molecule has 0 saturated heterocycles. The molecular weight excluding hydrogens is 193 g/mol. The quantitative estimate of drug-likeness (QED) is 0.688. The van der Waals surface area contributed by atoms with Crippen LogP contribution < -0.4 is 0 Å². The standard InChI is InChI=1S/C12H10FNO/c1-14-6-5-11(12(14)8-15)9-3-2-4-10(13)7-9/h2-8H,1H3. The fourth-order valence-electron chi connectivity index (χ4n) is 1.59. The topological polar surface area (TPSA) is 22.0 Å². The predicted molar refractivity (Wildman–Crippen MR) is 56.2 cm³/mol. The van der Waals surface area contributed by atoms with Crippen molar-refractivity contribution in [1.82, 2.24) is 4.57 Å². The van der Waals surface area contributed by atoms with E-state index in [0.29, 0.717) is 5.69 Å². The molecule has 0 fully saturated rings. The fraction of sp³-hybridized carbons (Fsp3) is 0.0833. The molecule has 1 heterocycles. The Hall–Kier alpha value is -1.90. The van der Waals surface area contributed by atoms with Crippen LogP contribution in [0.5, 0.6) is 0 Å². The summed E-state index contributed by atoms with van der Waals surface area (Å²) in [6, 6.07) is 8.02. The predicted octanol–water partition coefficient (Wildman–Crippen LogP) is 2.64. The van der Waals surface area contributed by atoms with Gasteiger partial charge < -0.3 is 4.57 Å². The first-order valence-corrected chi connectivity index (χ1v) is 4.59. The van der Waals surface area contributed by atoms with Crippen molar-refractivity contribution in [2.75, 3.05) is 0 Å². The molecule has 0 amide bonds. The van der Waals surface area contributed by atoms with Crippen molar-refractivity contribution in [1.29, 1.82) is 0 Å². The van der Waals surface area contributed by atoms with Crippen LogP contribution in [0.3, 0.4) is 0 Å². The van der Waals surface area contributed by atoms with Crippen molar-refractivity contribution in [2.45, 2.75) is 0 Å². The number of nitrogens with zero attached hydrogens (tertiary/aromatic N) is 1. The Balaban J connectivity index is 2.58. The van der Waals surface area contributed by atoms with Gasteiger partial charge in [-0.2, -0.15) is 0 Å². The zero-order valence-electron chi connectivity index (χ0n) is 8.27. The molecule has 1 aromatic heterocycles. The van der Waals surface area contributed by atoms with Gasteiger partial charge in [0.15, 0.2) is 6.29 Å². The zero-order chi connectivity index (χ0) is 10.8. The van der Waals surface area contributed by atoms with Gasteiger partial charge in [0.05, 0.1) is 5.69 Å². The van der Waals surface area contributed by atoms with Crippen molar-refractivity contribution in [3.63, 3.8) is 0 Å². The number of carbonyl (C=O) groups is 1. The summed E-state index contributed by atoms with van der Waals surface area (Å²) in [6.07, 6.45) is 2.56. The molecule has 2 rings (SSSR count). The van der Waals surface area contributed by atoms with Gasteiger partial charge in [-0.15, -0.1) is 0 Å². The number of halogens is 1. The second-order valence-electron chi connectivity index (χ2n) is 3.35. The lowest BCUT2D eigenvalue weighted by molar-refractivity contribution is 0.111. The maximum Gasteiger partial charge on any atom is 0.167 e. The average Bonchev–Trinajstić information content (AvgIpc) is 2.59. The smallest absolute Gasteiger partial charge is 0.167 e. The fourth-order valence-corrected chi connectivity index (χ4v) is 1.59. The van der Waals surface area contributed by atoms with Crippen LogP contribution >= 0.6 is 0 Å². The highest BCUT2D eigenvalue weighted by Gasteiger charge is 2.08. The van der Waals surface area contributed by atoms with E-state index in [1.54, 1.807) is 36.0 Å². The first-order valence-electron chi connectivity index (χ1n) is 4.59. The molecule has 15 heavy (non-hydrogen) atoms. The molecule has 0 atom stereocenters. The first kappa shape index (κ1) is 9.65. The number of aromatic nitrogens is 1. The molecule has 3 heteroatoms. The van der Waals surface area contributed by atoms with Crippen molar-refractivity contribution in [2.24, 2.45) is 7.05 Å². The summed E-state index contributed by atoms with van der Waals surface area (Å²) in [5.74, 6) is -0.298. The molecule has 0 N–H and O–H groups in total. The number of aldehydes is 1. The maximum absolute atomic E-state index is 13.0. The summed E-state index contributed by atoms with van der Waals surface area (Å²) in [4.78, 5) is 10.9. The maximum atomic E-state index is 13.0. The van der Waals surface area contributed by atoms with Gasteiger partial charge in [0.1, 0.15) is 5.82 Å². The lowest BCUT2D eigenvalue weighted by Gasteiger charge is -2.01. The third-order valence-electron chi connectivity index (χ3n) is 2.37. The monoisotopic (exact) mass is 203 g/mol. The average molecular weight is 203 g/mol. The molecule has 0 spiro atoms. The number of hydrogen-bond acceptors (Lipinski definition) is 1. The Bertz CT molecular complexity index is 502. The zero-order valence-corrected chi connectivity index (χ0v) is 8.27. The van der Waals surface area contributed by atoms with Crippen LogP contribution in [0.2, 0.25) is 0 Å². The molecule has 0 bridgehead atoms. The van der Waals surface area contributed by atoms with Gasteiger partial charge in [0.2, 0.25) is 0 Å². The minimum atomic E-state index is -0.298. The molecule has 0 unspecified atom stereocenters. The number of benzene rings is 1. The largest absolute Gasteiger partial charge is 0.348 e. The van der Waals surface area contributed by atoms with E-state index in [1.165, 1.54) is 12.1 Å². The molecule has 76 valence electrons. The Morgan fingerprint density at radius 3 is 2.80 bits per heavy atom. The first-order chi connectivity index (χ1) is 7.22. The van der Waals surface area contributed by atoms with E-state index in [0.717, 1.165) is 17.4 Å². The van der Waals surface area contributed by atoms with E-state index in [-0.39, 0.29) is 5.82 Å². The minimum Gasteiger partial charge on any atom is -0.348 e.